The quantitative estimate of drug-likeness (QED) is 0.399. The Labute approximate surface area is 197 Å². The lowest BCUT2D eigenvalue weighted by Crippen LogP contribution is -2.49. The normalized spacial score (nSPS) is 14.0. The van der Waals surface area contributed by atoms with Crippen LogP contribution in [0.3, 0.4) is 0 Å². The molecular formula is C28H23N5O. The van der Waals surface area contributed by atoms with Crippen molar-refractivity contribution in [2.24, 2.45) is 0 Å². The Bertz CT molecular complexity index is 1490. The van der Waals surface area contributed by atoms with Crippen molar-refractivity contribution in [3.05, 3.63) is 97.1 Å². The molecule has 0 aliphatic carbocycles. The first-order valence-electron chi connectivity index (χ1n) is 11.4. The molecule has 0 N–H and O–H groups in total. The molecule has 3 aromatic carbocycles. The zero-order valence-corrected chi connectivity index (χ0v) is 18.6. The highest BCUT2D eigenvalue weighted by Gasteiger charge is 2.24. The molecule has 34 heavy (non-hydrogen) atoms. The zero-order valence-electron chi connectivity index (χ0n) is 18.6. The van der Waals surface area contributed by atoms with Crippen LogP contribution in [0.25, 0.3) is 32.8 Å². The molecule has 1 saturated heterocycles. The van der Waals surface area contributed by atoms with Gasteiger partial charge in [-0.2, -0.15) is 0 Å². The third-order valence-corrected chi connectivity index (χ3v) is 6.49. The van der Waals surface area contributed by atoms with Gasteiger partial charge in [0.05, 0.1) is 5.52 Å². The number of benzene rings is 3. The van der Waals surface area contributed by atoms with Crippen molar-refractivity contribution in [2.45, 2.75) is 0 Å². The Hall–Kier alpha value is -4.32. The molecule has 0 spiro atoms. The number of pyridine rings is 1. The van der Waals surface area contributed by atoms with Gasteiger partial charge in [0.25, 0.3) is 5.91 Å². The number of aromatic nitrogens is 3. The summed E-state index contributed by atoms with van der Waals surface area (Å²) >= 11 is 0. The molecule has 1 aliphatic rings. The molecule has 5 aromatic rings. The number of hydrogen-bond acceptors (Lipinski definition) is 5. The molecular weight excluding hydrogens is 422 g/mol. The predicted molar refractivity (Wildman–Crippen MR) is 135 cm³/mol. The van der Waals surface area contributed by atoms with E-state index in [0.717, 1.165) is 57.3 Å². The minimum atomic E-state index is 0.0762. The van der Waals surface area contributed by atoms with E-state index in [9.17, 15) is 4.79 Å². The van der Waals surface area contributed by atoms with Gasteiger partial charge < -0.3 is 9.80 Å². The Morgan fingerprint density at radius 2 is 1.50 bits per heavy atom. The molecule has 0 unspecified atom stereocenters. The highest BCUT2D eigenvalue weighted by Crippen LogP contribution is 2.26. The summed E-state index contributed by atoms with van der Waals surface area (Å²) in [5, 5.41) is 3.23. The first kappa shape index (κ1) is 20.3. The van der Waals surface area contributed by atoms with E-state index in [-0.39, 0.29) is 5.91 Å². The fourth-order valence-corrected chi connectivity index (χ4v) is 4.65. The van der Waals surface area contributed by atoms with E-state index in [1.165, 1.54) is 0 Å². The molecule has 0 saturated carbocycles. The van der Waals surface area contributed by atoms with Crippen LogP contribution in [0, 0.1) is 0 Å². The molecule has 6 heteroatoms. The van der Waals surface area contributed by atoms with Gasteiger partial charge in [-0.3, -0.25) is 9.78 Å². The standard InChI is InChI=1S/C28H23N5O/c34-28(24-8-7-22-17-21(5-6-23(22)18-24)20-9-11-29-12-10-20)33-15-13-32(14-16-33)27-25-3-1-2-4-26(25)30-19-31-27/h1-12,17-19H,13-16H2. The highest BCUT2D eigenvalue weighted by atomic mass is 16.2. The van der Waals surface area contributed by atoms with Crippen molar-refractivity contribution in [1.29, 1.82) is 0 Å². The molecule has 3 heterocycles. The number of anilines is 1. The SMILES string of the molecule is O=C(c1ccc2cc(-c3ccncc3)ccc2c1)N1CCN(c2ncnc3ccccc23)CC1. The first-order valence-corrected chi connectivity index (χ1v) is 11.4. The van der Waals surface area contributed by atoms with Gasteiger partial charge in [-0.05, 0) is 64.4 Å². The second-order valence-electron chi connectivity index (χ2n) is 8.51. The van der Waals surface area contributed by atoms with Crippen LogP contribution in [0.4, 0.5) is 5.82 Å². The summed E-state index contributed by atoms with van der Waals surface area (Å²) in [6, 6.07) is 24.4. The average Bonchev–Trinajstić information content (AvgIpc) is 2.92. The van der Waals surface area contributed by atoms with Crippen LogP contribution in [0.5, 0.6) is 0 Å². The molecule has 6 nitrogen and oxygen atoms in total. The van der Waals surface area contributed by atoms with Crippen molar-refractivity contribution >= 4 is 33.4 Å². The van der Waals surface area contributed by atoms with Gasteiger partial charge in [-0.1, -0.05) is 30.3 Å². The smallest absolute Gasteiger partial charge is 0.253 e. The number of nitrogens with zero attached hydrogens (tertiary/aromatic N) is 5. The second kappa shape index (κ2) is 8.56. The second-order valence-corrected chi connectivity index (χ2v) is 8.51. The van der Waals surface area contributed by atoms with Gasteiger partial charge in [0.15, 0.2) is 0 Å². The van der Waals surface area contributed by atoms with Crippen molar-refractivity contribution < 1.29 is 4.79 Å². The number of carbonyl (C=O) groups is 1. The first-order chi connectivity index (χ1) is 16.8. The lowest BCUT2D eigenvalue weighted by atomic mass is 10.0. The van der Waals surface area contributed by atoms with Crippen LogP contribution in [0.15, 0.2) is 91.5 Å². The van der Waals surface area contributed by atoms with Gasteiger partial charge in [0, 0.05) is 49.5 Å². The lowest BCUT2D eigenvalue weighted by molar-refractivity contribution is 0.0747. The Morgan fingerprint density at radius 3 is 2.35 bits per heavy atom. The monoisotopic (exact) mass is 445 g/mol. The maximum absolute atomic E-state index is 13.3. The number of carbonyl (C=O) groups excluding carboxylic acids is 1. The fraction of sp³-hybridized carbons (Fsp3) is 0.143. The molecule has 0 radical (unpaired) electrons. The minimum Gasteiger partial charge on any atom is -0.352 e. The van der Waals surface area contributed by atoms with Crippen LogP contribution >= 0.6 is 0 Å². The van der Waals surface area contributed by atoms with E-state index in [2.05, 4.69) is 44.1 Å². The van der Waals surface area contributed by atoms with Crippen molar-refractivity contribution in [1.82, 2.24) is 19.9 Å². The highest BCUT2D eigenvalue weighted by molar-refractivity contribution is 5.99. The minimum absolute atomic E-state index is 0.0762. The van der Waals surface area contributed by atoms with Gasteiger partial charge in [0.2, 0.25) is 0 Å². The summed E-state index contributed by atoms with van der Waals surface area (Å²) < 4.78 is 0. The van der Waals surface area contributed by atoms with E-state index in [0.29, 0.717) is 13.1 Å². The van der Waals surface area contributed by atoms with Crippen LogP contribution < -0.4 is 4.90 Å². The number of rotatable bonds is 3. The third-order valence-electron chi connectivity index (χ3n) is 6.49. The molecule has 166 valence electrons. The summed E-state index contributed by atoms with van der Waals surface area (Å²) in [6.45, 7) is 2.82. The lowest BCUT2D eigenvalue weighted by Gasteiger charge is -2.35. The van der Waals surface area contributed by atoms with Gasteiger partial charge in [-0.25, -0.2) is 9.97 Å². The van der Waals surface area contributed by atoms with Gasteiger partial charge in [-0.15, -0.1) is 0 Å². The van der Waals surface area contributed by atoms with E-state index < -0.39 is 0 Å². The molecule has 1 aliphatic heterocycles. The van der Waals surface area contributed by atoms with E-state index in [4.69, 9.17) is 0 Å². The largest absolute Gasteiger partial charge is 0.352 e. The Morgan fingerprint density at radius 1 is 0.735 bits per heavy atom. The Balaban J connectivity index is 1.19. The number of fused-ring (bicyclic) bond motifs is 2. The van der Waals surface area contributed by atoms with E-state index in [1.807, 2.05) is 53.4 Å². The molecule has 0 atom stereocenters. The topological polar surface area (TPSA) is 62.2 Å². The summed E-state index contributed by atoms with van der Waals surface area (Å²) in [5.41, 5.74) is 3.94. The van der Waals surface area contributed by atoms with Crippen LogP contribution in [0.2, 0.25) is 0 Å². The molecule has 0 bridgehead atoms. The van der Waals surface area contributed by atoms with Gasteiger partial charge in [0.1, 0.15) is 12.1 Å². The van der Waals surface area contributed by atoms with Crippen molar-refractivity contribution in [3.63, 3.8) is 0 Å². The number of amides is 1. The third kappa shape index (κ3) is 3.73. The van der Waals surface area contributed by atoms with Gasteiger partial charge >= 0.3 is 0 Å². The van der Waals surface area contributed by atoms with Crippen LogP contribution in [0.1, 0.15) is 10.4 Å². The molecule has 1 amide bonds. The predicted octanol–water partition coefficient (Wildman–Crippen LogP) is 4.81. The van der Waals surface area contributed by atoms with E-state index in [1.54, 1.807) is 18.7 Å². The van der Waals surface area contributed by atoms with E-state index >= 15 is 0 Å². The molecule has 6 rings (SSSR count). The Kier molecular flexibility index (Phi) is 5.11. The number of piperazine rings is 1. The maximum atomic E-state index is 13.3. The van der Waals surface area contributed by atoms with Crippen LogP contribution in [-0.4, -0.2) is 51.9 Å². The molecule has 1 fully saturated rings. The fourth-order valence-electron chi connectivity index (χ4n) is 4.65. The average molecular weight is 446 g/mol. The maximum Gasteiger partial charge on any atom is 0.253 e. The van der Waals surface area contributed by atoms with Crippen LogP contribution in [-0.2, 0) is 0 Å². The molecule has 2 aromatic heterocycles. The summed E-state index contributed by atoms with van der Waals surface area (Å²) in [5.74, 6) is 1.01. The number of hydrogen-bond donors (Lipinski definition) is 0. The zero-order chi connectivity index (χ0) is 22.9. The summed E-state index contributed by atoms with van der Waals surface area (Å²) in [4.78, 5) is 30.4. The number of para-hydroxylation sites is 1. The summed E-state index contributed by atoms with van der Waals surface area (Å²) in [7, 11) is 0. The van der Waals surface area contributed by atoms with Crippen molar-refractivity contribution in [2.75, 3.05) is 31.1 Å². The summed E-state index contributed by atoms with van der Waals surface area (Å²) in [6.07, 6.45) is 5.22. The van der Waals surface area contributed by atoms with Crippen molar-refractivity contribution in [3.8, 4) is 11.1 Å².